The fourth-order valence-electron chi connectivity index (χ4n) is 2.28. The van der Waals surface area contributed by atoms with Crippen LogP contribution in [-0.2, 0) is 30.9 Å². The molecule has 0 aliphatic heterocycles. The average molecular weight is 355 g/mol. The lowest BCUT2D eigenvalue weighted by Gasteiger charge is -2.21. The third-order valence-electron chi connectivity index (χ3n) is 3.32. The molecule has 0 aliphatic carbocycles. The molecule has 6 nitrogen and oxygen atoms in total. The lowest BCUT2D eigenvalue weighted by atomic mass is 9.85. The van der Waals surface area contributed by atoms with Crippen LogP contribution in [0.3, 0.4) is 0 Å². The molecule has 0 spiro atoms. The van der Waals surface area contributed by atoms with Gasteiger partial charge in [0.2, 0.25) is 5.91 Å². The van der Waals surface area contributed by atoms with Gasteiger partial charge in [-0.25, -0.2) is 0 Å². The van der Waals surface area contributed by atoms with Crippen molar-refractivity contribution in [2.24, 2.45) is 5.41 Å². The fraction of sp³-hybridized carbons (Fsp3) is 0.529. The Morgan fingerprint density at radius 1 is 1.29 bits per heavy atom. The van der Waals surface area contributed by atoms with Gasteiger partial charge in [-0.1, -0.05) is 26.0 Å². The summed E-state index contributed by atoms with van der Waals surface area (Å²) < 4.78 is 16.8. The van der Waals surface area contributed by atoms with Crippen molar-refractivity contribution in [3.63, 3.8) is 0 Å². The van der Waals surface area contributed by atoms with Crippen LogP contribution in [0.1, 0.15) is 32.3 Å². The number of rotatable bonds is 10. The van der Waals surface area contributed by atoms with E-state index < -0.39 is 22.2 Å². The second-order valence-electron chi connectivity index (χ2n) is 6.44. The Balaban J connectivity index is 2.62. The van der Waals surface area contributed by atoms with E-state index in [4.69, 9.17) is 9.84 Å². The molecule has 1 atom stereocenters. The number of amides is 1. The predicted molar refractivity (Wildman–Crippen MR) is 94.3 cm³/mol. The van der Waals surface area contributed by atoms with Crippen molar-refractivity contribution in [2.45, 2.75) is 32.4 Å². The van der Waals surface area contributed by atoms with E-state index in [-0.39, 0.29) is 18.7 Å². The second-order valence-corrected chi connectivity index (χ2v) is 8.02. The van der Waals surface area contributed by atoms with Crippen LogP contribution in [0.5, 0.6) is 0 Å². The van der Waals surface area contributed by atoms with Gasteiger partial charge in [0.25, 0.3) is 0 Å². The van der Waals surface area contributed by atoms with Crippen molar-refractivity contribution < 1.29 is 23.6 Å². The zero-order valence-electron chi connectivity index (χ0n) is 14.3. The topological polar surface area (TPSA) is 92.7 Å². The van der Waals surface area contributed by atoms with Crippen molar-refractivity contribution >= 4 is 28.4 Å². The number of carbonyl (C=O) groups is 2. The monoisotopic (exact) mass is 355 g/mol. The van der Waals surface area contributed by atoms with Gasteiger partial charge < -0.3 is 15.2 Å². The summed E-state index contributed by atoms with van der Waals surface area (Å²) in [6.07, 6.45) is 0.0439. The maximum absolute atomic E-state index is 12.1. The highest BCUT2D eigenvalue weighted by atomic mass is 32.2. The molecule has 1 amide bonds. The van der Waals surface area contributed by atoms with E-state index in [1.165, 1.54) is 0 Å². The maximum Gasteiger partial charge on any atom is 0.303 e. The summed E-state index contributed by atoms with van der Waals surface area (Å²) in [5.41, 5.74) is 0.870. The molecule has 7 heteroatoms. The lowest BCUT2D eigenvalue weighted by molar-refractivity contribution is -0.139. The Hall–Kier alpha value is -1.73. The van der Waals surface area contributed by atoms with E-state index in [1.54, 1.807) is 39.2 Å². The van der Waals surface area contributed by atoms with E-state index in [9.17, 15) is 13.8 Å². The van der Waals surface area contributed by atoms with Crippen LogP contribution >= 0.6 is 0 Å². The first-order chi connectivity index (χ1) is 11.2. The molecule has 0 aromatic heterocycles. The largest absolute Gasteiger partial charge is 0.481 e. The molecule has 0 heterocycles. The third kappa shape index (κ3) is 8.21. The maximum atomic E-state index is 12.1. The molecule has 1 aromatic carbocycles. The molecule has 2 N–H and O–H groups in total. The number of nitrogens with one attached hydrogen (secondary N) is 1. The Bertz CT molecular complexity index is 600. The van der Waals surface area contributed by atoms with Crippen LogP contribution in [0, 0.1) is 5.41 Å². The highest BCUT2D eigenvalue weighted by Crippen LogP contribution is 2.25. The van der Waals surface area contributed by atoms with Crippen LogP contribution < -0.4 is 5.32 Å². The summed E-state index contributed by atoms with van der Waals surface area (Å²) in [7, 11) is 0.551. The smallest absolute Gasteiger partial charge is 0.303 e. The zero-order valence-corrected chi connectivity index (χ0v) is 15.1. The van der Waals surface area contributed by atoms with Gasteiger partial charge in [0.1, 0.15) is 0 Å². The zero-order chi connectivity index (χ0) is 18.2. The number of carboxylic acid groups (broad SMARTS) is 1. The molecule has 1 unspecified atom stereocenters. The molecule has 0 fully saturated rings. The molecule has 24 heavy (non-hydrogen) atoms. The minimum absolute atomic E-state index is 0.0705. The van der Waals surface area contributed by atoms with Crippen molar-refractivity contribution in [2.75, 3.05) is 24.8 Å². The number of anilines is 1. The third-order valence-corrected chi connectivity index (χ3v) is 4.60. The van der Waals surface area contributed by atoms with Crippen LogP contribution in [0.15, 0.2) is 24.3 Å². The minimum Gasteiger partial charge on any atom is -0.481 e. The first-order valence-corrected chi connectivity index (χ1v) is 9.15. The molecular formula is C17H25NO5S. The summed E-state index contributed by atoms with van der Waals surface area (Å²) in [6, 6.07) is 7.19. The molecule has 1 rings (SSSR count). The summed E-state index contributed by atoms with van der Waals surface area (Å²) in [4.78, 5) is 22.9. The Morgan fingerprint density at radius 2 is 2.00 bits per heavy atom. The summed E-state index contributed by atoms with van der Waals surface area (Å²) in [5, 5.41) is 11.6. The van der Waals surface area contributed by atoms with E-state index in [0.29, 0.717) is 23.8 Å². The van der Waals surface area contributed by atoms with Gasteiger partial charge in [0.05, 0.1) is 13.0 Å². The Labute approximate surface area is 145 Å². The molecule has 0 radical (unpaired) electrons. The molecule has 0 aliphatic rings. The van der Waals surface area contributed by atoms with Gasteiger partial charge in [-0.2, -0.15) is 0 Å². The summed E-state index contributed by atoms with van der Waals surface area (Å²) in [5.74, 6) is -0.291. The highest BCUT2D eigenvalue weighted by molar-refractivity contribution is 7.84. The Kier molecular flexibility index (Phi) is 8.07. The molecule has 0 saturated carbocycles. The number of aliphatic carboxylic acids is 1. The summed E-state index contributed by atoms with van der Waals surface area (Å²) in [6.45, 7) is 3.94. The first-order valence-electron chi connectivity index (χ1n) is 7.66. The van der Waals surface area contributed by atoms with Gasteiger partial charge in [-0.3, -0.25) is 13.8 Å². The minimum atomic E-state index is -1.02. The number of carbonyl (C=O) groups excluding carboxylic acids is 1. The van der Waals surface area contributed by atoms with E-state index >= 15 is 0 Å². The standard InChI is InChI=1S/C17H25NO5S/c1-17(2,11-16(20)21)10-15(19)18-14-6-4-5-13(9-14)12-24(22)8-7-23-3/h4-6,9H,7-8,10-12H2,1-3H3,(H,18,19)(H,20,21). The number of ether oxygens (including phenoxy) is 1. The van der Waals surface area contributed by atoms with Crippen LogP contribution in [0.25, 0.3) is 0 Å². The van der Waals surface area contributed by atoms with Crippen LogP contribution in [0.4, 0.5) is 5.69 Å². The molecule has 1 aromatic rings. The van der Waals surface area contributed by atoms with E-state index in [0.717, 1.165) is 5.56 Å². The summed E-state index contributed by atoms with van der Waals surface area (Å²) >= 11 is 0. The predicted octanol–water partition coefficient (Wildman–Crippen LogP) is 2.41. The van der Waals surface area contributed by atoms with Crippen LogP contribution in [0.2, 0.25) is 0 Å². The number of hydrogen-bond donors (Lipinski definition) is 2. The number of carboxylic acids is 1. The van der Waals surface area contributed by atoms with Gasteiger partial charge >= 0.3 is 5.97 Å². The first kappa shape index (κ1) is 20.3. The normalized spacial score (nSPS) is 12.6. The van der Waals surface area contributed by atoms with E-state index in [1.807, 2.05) is 6.07 Å². The molecule has 134 valence electrons. The quantitative estimate of drug-likeness (QED) is 0.672. The average Bonchev–Trinajstić information content (AvgIpc) is 2.43. The molecule has 0 saturated heterocycles. The SMILES string of the molecule is COCCS(=O)Cc1cccc(NC(=O)CC(C)(C)CC(=O)O)c1. The van der Waals surface area contributed by atoms with Gasteiger partial charge in [-0.15, -0.1) is 0 Å². The highest BCUT2D eigenvalue weighted by Gasteiger charge is 2.25. The van der Waals surface area contributed by atoms with Gasteiger partial charge in [0, 0.05) is 41.5 Å². The van der Waals surface area contributed by atoms with Gasteiger partial charge in [0.15, 0.2) is 0 Å². The lowest BCUT2D eigenvalue weighted by Crippen LogP contribution is -2.24. The number of benzene rings is 1. The molecular weight excluding hydrogens is 330 g/mol. The fourth-order valence-corrected chi connectivity index (χ4v) is 3.33. The second kappa shape index (κ2) is 9.54. The number of hydrogen-bond acceptors (Lipinski definition) is 4. The van der Waals surface area contributed by atoms with Crippen LogP contribution in [-0.4, -0.2) is 40.7 Å². The van der Waals surface area contributed by atoms with E-state index in [2.05, 4.69) is 5.32 Å². The van der Waals surface area contributed by atoms with Gasteiger partial charge in [-0.05, 0) is 23.1 Å². The van der Waals surface area contributed by atoms with Crippen molar-refractivity contribution in [3.8, 4) is 0 Å². The number of methoxy groups -OCH3 is 1. The Morgan fingerprint density at radius 3 is 2.62 bits per heavy atom. The van der Waals surface area contributed by atoms with Crippen molar-refractivity contribution in [3.05, 3.63) is 29.8 Å². The van der Waals surface area contributed by atoms with Crippen molar-refractivity contribution in [1.82, 2.24) is 0 Å². The molecule has 0 bridgehead atoms. The van der Waals surface area contributed by atoms with Crippen molar-refractivity contribution in [1.29, 1.82) is 0 Å².